The molecular weight excluding hydrogens is 322 g/mol. The highest BCUT2D eigenvalue weighted by Crippen LogP contribution is 2.31. The highest BCUT2D eigenvalue weighted by atomic mass is 16.2. The van der Waals surface area contributed by atoms with E-state index in [1.54, 1.807) is 0 Å². The van der Waals surface area contributed by atoms with Crippen LogP contribution in [-0.4, -0.2) is 30.4 Å². The summed E-state index contributed by atoms with van der Waals surface area (Å²) >= 11 is 0. The van der Waals surface area contributed by atoms with Crippen LogP contribution in [0.3, 0.4) is 0 Å². The van der Waals surface area contributed by atoms with Crippen LogP contribution in [0.1, 0.15) is 36.1 Å². The fourth-order valence-corrected chi connectivity index (χ4v) is 3.16. The lowest BCUT2D eigenvalue weighted by atomic mass is 10.1. The van der Waals surface area contributed by atoms with Crippen LogP contribution in [-0.2, 0) is 4.79 Å². The van der Waals surface area contributed by atoms with Crippen LogP contribution in [0.25, 0.3) is 0 Å². The van der Waals surface area contributed by atoms with Crippen molar-refractivity contribution in [1.82, 2.24) is 4.90 Å². The molecule has 2 rings (SSSR count). The molecule has 26 heavy (non-hydrogen) atoms. The Bertz CT molecular complexity index is 779. The van der Waals surface area contributed by atoms with E-state index in [2.05, 4.69) is 80.5 Å². The Kier molecular flexibility index (Phi) is 6.81. The number of carbonyl (C=O) groups excluding carboxylic acids is 1. The average molecular weight is 354 g/mol. The predicted octanol–water partition coefficient (Wildman–Crippen LogP) is 4.94. The first kappa shape index (κ1) is 20.0. The van der Waals surface area contributed by atoms with Gasteiger partial charge < -0.3 is 10.6 Å². The molecule has 0 unspecified atom stereocenters. The van der Waals surface area contributed by atoms with Crippen LogP contribution in [0.15, 0.2) is 30.3 Å². The number of nitrogens with zero attached hydrogens (tertiary/aromatic N) is 1. The van der Waals surface area contributed by atoms with Crippen molar-refractivity contribution in [1.29, 1.82) is 0 Å². The van der Waals surface area contributed by atoms with E-state index in [1.807, 2.05) is 6.92 Å². The van der Waals surface area contributed by atoms with Crippen molar-refractivity contribution in [2.45, 2.75) is 41.5 Å². The van der Waals surface area contributed by atoms with Crippen molar-refractivity contribution in [3.05, 3.63) is 52.6 Å². The number of likely N-dealkylation sites (N-methyl/N-ethyl adjacent to an activating group) is 1. The van der Waals surface area contributed by atoms with E-state index in [4.69, 9.17) is 0 Å². The number of rotatable bonds is 7. The molecule has 4 heteroatoms. The van der Waals surface area contributed by atoms with Crippen molar-refractivity contribution in [2.75, 3.05) is 30.3 Å². The van der Waals surface area contributed by atoms with E-state index < -0.39 is 0 Å². The molecule has 0 aromatic heterocycles. The zero-order valence-electron chi connectivity index (χ0n) is 16.9. The summed E-state index contributed by atoms with van der Waals surface area (Å²) in [6.07, 6.45) is 0. The summed E-state index contributed by atoms with van der Waals surface area (Å²) in [4.78, 5) is 14.6. The summed E-state index contributed by atoms with van der Waals surface area (Å²) in [5, 5.41) is 6.62. The summed E-state index contributed by atoms with van der Waals surface area (Å²) in [5.41, 5.74) is 7.49. The maximum atomic E-state index is 12.5. The first-order chi connectivity index (χ1) is 12.3. The van der Waals surface area contributed by atoms with E-state index in [0.717, 1.165) is 41.3 Å². The van der Waals surface area contributed by atoms with E-state index in [-0.39, 0.29) is 5.91 Å². The molecule has 140 valence electrons. The van der Waals surface area contributed by atoms with Gasteiger partial charge in [0.1, 0.15) is 0 Å². The minimum absolute atomic E-state index is 0.0179. The predicted molar refractivity (Wildman–Crippen MR) is 112 cm³/mol. The average Bonchev–Trinajstić information content (AvgIpc) is 2.58. The lowest BCUT2D eigenvalue weighted by Crippen LogP contribution is -2.33. The first-order valence-corrected chi connectivity index (χ1v) is 9.31. The standard InChI is InChI=1S/C22H31N3O/c1-7-25(8-2)14-21(26)24-22-18(6)12-16(4)13-20(22)23-19-10-9-15(3)11-17(19)5/h9-13,23H,7-8,14H2,1-6H3,(H,24,26). The van der Waals surface area contributed by atoms with Crippen LogP contribution in [0, 0.1) is 27.7 Å². The van der Waals surface area contributed by atoms with Gasteiger partial charge >= 0.3 is 0 Å². The summed E-state index contributed by atoms with van der Waals surface area (Å²) in [5.74, 6) is 0.0179. The second-order valence-corrected chi connectivity index (χ2v) is 6.96. The van der Waals surface area contributed by atoms with E-state index in [1.165, 1.54) is 11.1 Å². The number of aryl methyl sites for hydroxylation is 4. The Morgan fingerprint density at radius 2 is 1.54 bits per heavy atom. The number of hydrogen-bond donors (Lipinski definition) is 2. The number of carbonyl (C=O) groups is 1. The Morgan fingerprint density at radius 3 is 2.15 bits per heavy atom. The minimum atomic E-state index is 0.0179. The Hall–Kier alpha value is -2.33. The van der Waals surface area contributed by atoms with Crippen LogP contribution in [0.5, 0.6) is 0 Å². The fraction of sp³-hybridized carbons (Fsp3) is 0.409. The molecule has 0 saturated heterocycles. The van der Waals surface area contributed by atoms with Crippen molar-refractivity contribution < 1.29 is 4.79 Å². The summed E-state index contributed by atoms with van der Waals surface area (Å²) < 4.78 is 0. The van der Waals surface area contributed by atoms with Crippen molar-refractivity contribution in [3.63, 3.8) is 0 Å². The van der Waals surface area contributed by atoms with E-state index in [0.29, 0.717) is 6.54 Å². The third-order valence-corrected chi connectivity index (χ3v) is 4.66. The topological polar surface area (TPSA) is 44.4 Å². The summed E-state index contributed by atoms with van der Waals surface area (Å²) in [6.45, 7) is 14.6. The number of nitrogens with one attached hydrogen (secondary N) is 2. The maximum absolute atomic E-state index is 12.5. The molecule has 1 amide bonds. The molecule has 0 spiro atoms. The Labute approximate surface area is 157 Å². The molecule has 0 fully saturated rings. The smallest absolute Gasteiger partial charge is 0.238 e. The fourth-order valence-electron chi connectivity index (χ4n) is 3.16. The molecule has 0 aliphatic rings. The van der Waals surface area contributed by atoms with Gasteiger partial charge in [0.05, 0.1) is 17.9 Å². The molecule has 4 nitrogen and oxygen atoms in total. The van der Waals surface area contributed by atoms with Gasteiger partial charge in [0, 0.05) is 5.69 Å². The molecule has 2 aromatic rings. The number of hydrogen-bond acceptors (Lipinski definition) is 3. The SMILES string of the molecule is CCN(CC)CC(=O)Nc1c(C)cc(C)cc1Nc1ccc(C)cc1C. The summed E-state index contributed by atoms with van der Waals surface area (Å²) in [6, 6.07) is 10.5. The van der Waals surface area contributed by atoms with E-state index in [9.17, 15) is 4.79 Å². The molecule has 2 aromatic carbocycles. The van der Waals surface area contributed by atoms with Crippen molar-refractivity contribution in [2.24, 2.45) is 0 Å². The molecule has 0 radical (unpaired) electrons. The van der Waals surface area contributed by atoms with Gasteiger partial charge in [0.15, 0.2) is 0 Å². The zero-order chi connectivity index (χ0) is 19.3. The quantitative estimate of drug-likeness (QED) is 0.741. The maximum Gasteiger partial charge on any atom is 0.238 e. The van der Waals surface area contributed by atoms with Gasteiger partial charge in [-0.05, 0) is 69.6 Å². The Morgan fingerprint density at radius 1 is 0.885 bits per heavy atom. The molecule has 0 saturated carbocycles. The second-order valence-electron chi connectivity index (χ2n) is 6.96. The highest BCUT2D eigenvalue weighted by Gasteiger charge is 2.13. The monoisotopic (exact) mass is 353 g/mol. The van der Waals surface area contributed by atoms with Gasteiger partial charge in [-0.2, -0.15) is 0 Å². The lowest BCUT2D eigenvalue weighted by molar-refractivity contribution is -0.117. The molecule has 2 N–H and O–H groups in total. The van der Waals surface area contributed by atoms with Crippen LogP contribution in [0.2, 0.25) is 0 Å². The number of benzene rings is 2. The second kappa shape index (κ2) is 8.86. The minimum Gasteiger partial charge on any atom is -0.354 e. The van der Waals surface area contributed by atoms with Crippen molar-refractivity contribution >= 4 is 23.0 Å². The molecule has 0 heterocycles. The molecule has 0 atom stereocenters. The largest absolute Gasteiger partial charge is 0.354 e. The summed E-state index contributed by atoms with van der Waals surface area (Å²) in [7, 11) is 0. The molecule has 0 aliphatic heterocycles. The third kappa shape index (κ3) is 5.09. The number of amides is 1. The van der Waals surface area contributed by atoms with Crippen molar-refractivity contribution in [3.8, 4) is 0 Å². The lowest BCUT2D eigenvalue weighted by Gasteiger charge is -2.21. The van der Waals surface area contributed by atoms with Gasteiger partial charge in [-0.3, -0.25) is 9.69 Å². The molecule has 0 aliphatic carbocycles. The van der Waals surface area contributed by atoms with Crippen LogP contribution in [0.4, 0.5) is 17.1 Å². The van der Waals surface area contributed by atoms with Gasteiger partial charge in [0.25, 0.3) is 0 Å². The molecule has 0 bridgehead atoms. The van der Waals surface area contributed by atoms with Crippen LogP contribution < -0.4 is 10.6 Å². The zero-order valence-corrected chi connectivity index (χ0v) is 16.9. The van der Waals surface area contributed by atoms with E-state index >= 15 is 0 Å². The highest BCUT2D eigenvalue weighted by molar-refractivity contribution is 5.97. The van der Waals surface area contributed by atoms with Gasteiger partial charge in [-0.25, -0.2) is 0 Å². The Balaban J connectivity index is 2.30. The van der Waals surface area contributed by atoms with Crippen LogP contribution >= 0.6 is 0 Å². The van der Waals surface area contributed by atoms with Gasteiger partial charge in [0.2, 0.25) is 5.91 Å². The molecular formula is C22H31N3O. The van der Waals surface area contributed by atoms with Gasteiger partial charge in [-0.1, -0.05) is 37.6 Å². The number of anilines is 3. The first-order valence-electron chi connectivity index (χ1n) is 9.31. The van der Waals surface area contributed by atoms with Gasteiger partial charge in [-0.15, -0.1) is 0 Å². The normalized spacial score (nSPS) is 10.9. The third-order valence-electron chi connectivity index (χ3n) is 4.66.